The number of halogens is 1. The highest BCUT2D eigenvalue weighted by Crippen LogP contribution is 2.20. The molecule has 0 aliphatic carbocycles. The molecule has 1 aliphatic rings. The molecule has 1 fully saturated rings. The van der Waals surface area contributed by atoms with Crippen LogP contribution in [0, 0.1) is 6.92 Å². The Morgan fingerprint density at radius 3 is 2.70 bits per heavy atom. The van der Waals surface area contributed by atoms with Gasteiger partial charge in [-0.2, -0.15) is 0 Å². The Balaban J connectivity index is 1.88. The maximum absolute atomic E-state index is 12.3. The normalized spacial score (nSPS) is 16.7. The van der Waals surface area contributed by atoms with E-state index in [9.17, 15) is 8.42 Å². The molecular formula is C14H21BrN2O2S. The Morgan fingerprint density at radius 2 is 2.00 bits per heavy atom. The maximum Gasteiger partial charge on any atom is 0.240 e. The predicted octanol–water partition coefficient (Wildman–Crippen LogP) is 2.52. The lowest BCUT2D eigenvalue weighted by molar-refractivity contribution is 0.334. The largest absolute Gasteiger partial charge is 0.303 e. The smallest absolute Gasteiger partial charge is 0.240 e. The lowest BCUT2D eigenvalue weighted by Crippen LogP contribution is -2.29. The summed E-state index contributed by atoms with van der Waals surface area (Å²) < 4.78 is 28.0. The van der Waals surface area contributed by atoms with Crippen LogP contribution in [0.4, 0.5) is 0 Å². The second-order valence-electron chi connectivity index (χ2n) is 5.21. The summed E-state index contributed by atoms with van der Waals surface area (Å²) in [6.07, 6.45) is 3.39. The fourth-order valence-electron chi connectivity index (χ4n) is 2.46. The number of hydrogen-bond donors (Lipinski definition) is 1. The van der Waals surface area contributed by atoms with E-state index in [0.29, 0.717) is 11.4 Å². The predicted molar refractivity (Wildman–Crippen MR) is 84.4 cm³/mol. The SMILES string of the molecule is Cc1ccc(Br)cc1S(=O)(=O)NCCCN1CCCC1. The highest BCUT2D eigenvalue weighted by atomic mass is 79.9. The van der Waals surface area contributed by atoms with Gasteiger partial charge in [-0.05, 0) is 63.5 Å². The van der Waals surface area contributed by atoms with Crippen LogP contribution >= 0.6 is 15.9 Å². The van der Waals surface area contributed by atoms with Crippen LogP contribution in [0.15, 0.2) is 27.6 Å². The molecule has 0 saturated carbocycles. The molecule has 1 aromatic carbocycles. The summed E-state index contributed by atoms with van der Waals surface area (Å²) in [6, 6.07) is 5.31. The van der Waals surface area contributed by atoms with Crippen LogP contribution in [-0.2, 0) is 10.0 Å². The number of aryl methyl sites for hydroxylation is 1. The van der Waals surface area contributed by atoms with Crippen molar-refractivity contribution < 1.29 is 8.42 Å². The van der Waals surface area contributed by atoms with Gasteiger partial charge in [-0.3, -0.25) is 0 Å². The third kappa shape index (κ3) is 4.28. The highest BCUT2D eigenvalue weighted by molar-refractivity contribution is 9.10. The van der Waals surface area contributed by atoms with Gasteiger partial charge in [-0.15, -0.1) is 0 Å². The number of hydrogen-bond acceptors (Lipinski definition) is 3. The van der Waals surface area contributed by atoms with Crippen LogP contribution in [0.2, 0.25) is 0 Å². The van der Waals surface area contributed by atoms with Crippen molar-refractivity contribution in [2.75, 3.05) is 26.2 Å². The van der Waals surface area contributed by atoms with E-state index in [4.69, 9.17) is 0 Å². The van der Waals surface area contributed by atoms with Crippen molar-refractivity contribution in [2.24, 2.45) is 0 Å². The van der Waals surface area contributed by atoms with E-state index in [-0.39, 0.29) is 0 Å². The number of likely N-dealkylation sites (tertiary alicyclic amines) is 1. The second kappa shape index (κ2) is 7.02. The third-order valence-electron chi connectivity index (χ3n) is 3.58. The fraction of sp³-hybridized carbons (Fsp3) is 0.571. The van der Waals surface area contributed by atoms with Crippen LogP contribution in [0.25, 0.3) is 0 Å². The van der Waals surface area contributed by atoms with Gasteiger partial charge in [0.2, 0.25) is 10.0 Å². The lowest BCUT2D eigenvalue weighted by Gasteiger charge is -2.15. The van der Waals surface area contributed by atoms with Gasteiger partial charge in [0.05, 0.1) is 4.90 Å². The zero-order chi connectivity index (χ0) is 14.6. The van der Waals surface area contributed by atoms with Crippen molar-refractivity contribution in [1.82, 2.24) is 9.62 Å². The number of benzene rings is 1. The van der Waals surface area contributed by atoms with Crippen molar-refractivity contribution in [3.05, 3.63) is 28.2 Å². The van der Waals surface area contributed by atoms with Gasteiger partial charge in [0.25, 0.3) is 0 Å². The van der Waals surface area contributed by atoms with Gasteiger partial charge in [-0.25, -0.2) is 13.1 Å². The van der Waals surface area contributed by atoms with E-state index in [1.54, 1.807) is 6.07 Å². The molecule has 4 nitrogen and oxygen atoms in total. The number of nitrogens with zero attached hydrogens (tertiary/aromatic N) is 1. The Hall–Kier alpha value is -0.430. The average molecular weight is 361 g/mol. The van der Waals surface area contributed by atoms with E-state index in [1.807, 2.05) is 19.1 Å². The van der Waals surface area contributed by atoms with Crippen molar-refractivity contribution in [1.29, 1.82) is 0 Å². The minimum atomic E-state index is -3.41. The molecule has 1 heterocycles. The standard InChI is InChI=1S/C14H21BrN2O2S/c1-12-5-6-13(15)11-14(12)20(18,19)16-7-4-10-17-8-2-3-9-17/h5-6,11,16H,2-4,7-10H2,1H3. The Kier molecular flexibility index (Phi) is 5.60. The number of nitrogens with one attached hydrogen (secondary N) is 1. The Labute approximate surface area is 129 Å². The van der Waals surface area contributed by atoms with E-state index >= 15 is 0 Å². The molecule has 1 N–H and O–H groups in total. The Morgan fingerprint density at radius 1 is 1.30 bits per heavy atom. The first-order valence-corrected chi connectivity index (χ1v) is 9.25. The Bertz CT molecular complexity index is 554. The molecule has 1 aromatic rings. The van der Waals surface area contributed by atoms with Crippen LogP contribution in [0.3, 0.4) is 0 Å². The molecular weight excluding hydrogens is 340 g/mol. The summed E-state index contributed by atoms with van der Waals surface area (Å²) in [4.78, 5) is 2.74. The molecule has 1 aliphatic heterocycles. The first-order chi connectivity index (χ1) is 9.49. The summed E-state index contributed by atoms with van der Waals surface area (Å²) in [7, 11) is -3.41. The van der Waals surface area contributed by atoms with Crippen LogP contribution in [0.5, 0.6) is 0 Å². The summed E-state index contributed by atoms with van der Waals surface area (Å²) >= 11 is 3.32. The minimum Gasteiger partial charge on any atom is -0.303 e. The molecule has 20 heavy (non-hydrogen) atoms. The molecule has 0 bridgehead atoms. The van der Waals surface area contributed by atoms with Gasteiger partial charge in [0.15, 0.2) is 0 Å². The van der Waals surface area contributed by atoms with Crippen molar-refractivity contribution in [3.63, 3.8) is 0 Å². The van der Waals surface area contributed by atoms with E-state index in [1.165, 1.54) is 12.8 Å². The second-order valence-corrected chi connectivity index (χ2v) is 7.86. The van der Waals surface area contributed by atoms with Crippen molar-refractivity contribution >= 4 is 26.0 Å². The highest BCUT2D eigenvalue weighted by Gasteiger charge is 2.17. The van der Waals surface area contributed by atoms with Crippen LogP contribution in [-0.4, -0.2) is 39.5 Å². The zero-order valence-electron chi connectivity index (χ0n) is 11.7. The van der Waals surface area contributed by atoms with E-state index in [0.717, 1.165) is 36.1 Å². The monoisotopic (exact) mass is 360 g/mol. The van der Waals surface area contributed by atoms with Gasteiger partial charge in [-0.1, -0.05) is 22.0 Å². The lowest BCUT2D eigenvalue weighted by atomic mass is 10.2. The van der Waals surface area contributed by atoms with Crippen LogP contribution in [0.1, 0.15) is 24.8 Å². The first-order valence-electron chi connectivity index (χ1n) is 6.97. The summed E-state index contributed by atoms with van der Waals surface area (Å²) in [6.45, 7) is 5.57. The molecule has 2 rings (SSSR count). The first kappa shape index (κ1) is 15.9. The third-order valence-corrected chi connectivity index (χ3v) is 5.68. The van der Waals surface area contributed by atoms with Gasteiger partial charge >= 0.3 is 0 Å². The summed E-state index contributed by atoms with van der Waals surface area (Å²) in [5, 5.41) is 0. The molecule has 112 valence electrons. The molecule has 0 amide bonds. The number of rotatable bonds is 6. The van der Waals surface area contributed by atoms with Crippen LogP contribution < -0.4 is 4.72 Å². The minimum absolute atomic E-state index is 0.355. The van der Waals surface area contributed by atoms with Gasteiger partial charge < -0.3 is 4.90 Å². The molecule has 0 spiro atoms. The van der Waals surface area contributed by atoms with Gasteiger partial charge in [0, 0.05) is 11.0 Å². The van der Waals surface area contributed by atoms with Crippen molar-refractivity contribution in [2.45, 2.75) is 31.1 Å². The van der Waals surface area contributed by atoms with E-state index < -0.39 is 10.0 Å². The van der Waals surface area contributed by atoms with Gasteiger partial charge in [0.1, 0.15) is 0 Å². The molecule has 0 unspecified atom stereocenters. The molecule has 0 radical (unpaired) electrons. The topological polar surface area (TPSA) is 49.4 Å². The average Bonchev–Trinajstić information content (AvgIpc) is 2.90. The zero-order valence-corrected chi connectivity index (χ0v) is 14.1. The molecule has 0 atom stereocenters. The van der Waals surface area contributed by atoms with Crippen molar-refractivity contribution in [3.8, 4) is 0 Å². The molecule has 0 aromatic heterocycles. The fourth-order valence-corrected chi connectivity index (χ4v) is 4.31. The maximum atomic E-state index is 12.3. The summed E-state index contributed by atoms with van der Waals surface area (Å²) in [5.74, 6) is 0. The number of sulfonamides is 1. The molecule has 6 heteroatoms. The summed E-state index contributed by atoms with van der Waals surface area (Å²) in [5.41, 5.74) is 0.764. The molecule has 1 saturated heterocycles. The van der Waals surface area contributed by atoms with E-state index in [2.05, 4.69) is 25.6 Å². The quantitative estimate of drug-likeness (QED) is 0.793.